The van der Waals surface area contributed by atoms with E-state index in [0.717, 1.165) is 17.9 Å². The average molecular weight is 317 g/mol. The average Bonchev–Trinajstić information content (AvgIpc) is 3.15. The number of hydrogen-bond acceptors (Lipinski definition) is 6. The zero-order chi connectivity index (χ0) is 16.4. The normalized spacial score (nSPS) is 22.0. The van der Waals surface area contributed by atoms with Gasteiger partial charge in [-0.3, -0.25) is 4.90 Å². The molecule has 1 fully saturated rings. The topological polar surface area (TPSA) is 71.6 Å². The minimum absolute atomic E-state index is 0.0351. The van der Waals surface area contributed by atoms with Crippen molar-refractivity contribution < 1.29 is 14.4 Å². The molecule has 0 bridgehead atoms. The van der Waals surface area contributed by atoms with E-state index >= 15 is 0 Å². The fraction of sp³-hybridized carbons (Fsp3) is 0.529. The van der Waals surface area contributed by atoms with Gasteiger partial charge in [-0.2, -0.15) is 4.98 Å². The van der Waals surface area contributed by atoms with Gasteiger partial charge >= 0.3 is 0 Å². The van der Waals surface area contributed by atoms with Gasteiger partial charge in [0.05, 0.1) is 19.3 Å². The molecule has 0 amide bonds. The van der Waals surface area contributed by atoms with Crippen molar-refractivity contribution in [2.24, 2.45) is 0 Å². The summed E-state index contributed by atoms with van der Waals surface area (Å²) in [5, 5.41) is 14.1. The number of nitrogens with zero attached hydrogens (tertiary/aromatic N) is 3. The van der Waals surface area contributed by atoms with Gasteiger partial charge in [0.15, 0.2) is 5.82 Å². The van der Waals surface area contributed by atoms with Crippen LogP contribution in [0.2, 0.25) is 0 Å². The molecule has 23 heavy (non-hydrogen) atoms. The van der Waals surface area contributed by atoms with E-state index < -0.39 is 0 Å². The van der Waals surface area contributed by atoms with Gasteiger partial charge in [0.1, 0.15) is 5.75 Å². The molecule has 1 aromatic carbocycles. The molecule has 1 aromatic heterocycles. The summed E-state index contributed by atoms with van der Waals surface area (Å²) in [5.74, 6) is 2.38. The zero-order valence-electron chi connectivity index (χ0n) is 13.8. The Balaban J connectivity index is 1.75. The highest BCUT2D eigenvalue weighted by atomic mass is 16.5. The Morgan fingerprint density at radius 1 is 1.35 bits per heavy atom. The van der Waals surface area contributed by atoms with Crippen molar-refractivity contribution in [3.05, 3.63) is 41.5 Å². The number of hydrogen-bond donors (Lipinski definition) is 1. The van der Waals surface area contributed by atoms with Crippen LogP contribution in [0.5, 0.6) is 5.75 Å². The third kappa shape index (κ3) is 3.54. The molecule has 2 unspecified atom stereocenters. The molecule has 1 aliphatic heterocycles. The summed E-state index contributed by atoms with van der Waals surface area (Å²) >= 11 is 0. The molecule has 2 atom stereocenters. The van der Waals surface area contributed by atoms with Crippen molar-refractivity contribution in [1.82, 2.24) is 15.0 Å². The number of aliphatic hydroxyl groups excluding tert-OH is 1. The number of β-amino-alcohol motifs (C(OH)–C–C–N with tert-alkyl or cyclic N) is 1. The van der Waals surface area contributed by atoms with Crippen LogP contribution in [0, 0.1) is 0 Å². The van der Waals surface area contributed by atoms with Crippen LogP contribution in [-0.2, 0) is 6.54 Å². The van der Waals surface area contributed by atoms with Gasteiger partial charge in [-0.25, -0.2) is 0 Å². The molecular weight excluding hydrogens is 294 g/mol. The predicted molar refractivity (Wildman–Crippen MR) is 85.2 cm³/mol. The molecule has 0 spiro atoms. The number of methoxy groups -OCH3 is 1. The Morgan fingerprint density at radius 2 is 2.09 bits per heavy atom. The van der Waals surface area contributed by atoms with Crippen molar-refractivity contribution >= 4 is 0 Å². The lowest BCUT2D eigenvalue weighted by Crippen LogP contribution is -2.24. The minimum Gasteiger partial charge on any atom is -0.497 e. The standard InChI is InChI=1S/C17H23N3O3/c1-11(2)16-18-17(23-19-16)15-8-13(21)10-20(15)9-12-4-6-14(22-3)7-5-12/h4-7,11,13,15,21H,8-10H2,1-3H3. The van der Waals surface area contributed by atoms with E-state index in [1.807, 2.05) is 38.1 Å². The first-order valence-corrected chi connectivity index (χ1v) is 7.95. The van der Waals surface area contributed by atoms with Gasteiger partial charge in [-0.05, 0) is 24.1 Å². The fourth-order valence-corrected chi connectivity index (χ4v) is 2.89. The van der Waals surface area contributed by atoms with Crippen LogP contribution >= 0.6 is 0 Å². The van der Waals surface area contributed by atoms with Crippen LogP contribution in [0.3, 0.4) is 0 Å². The molecule has 1 N–H and O–H groups in total. The van der Waals surface area contributed by atoms with Gasteiger partial charge in [0.25, 0.3) is 0 Å². The summed E-state index contributed by atoms with van der Waals surface area (Å²) in [6.07, 6.45) is 0.253. The van der Waals surface area contributed by atoms with Crippen molar-refractivity contribution in [2.45, 2.75) is 44.9 Å². The summed E-state index contributed by atoms with van der Waals surface area (Å²) in [6.45, 7) is 5.40. The Hall–Kier alpha value is -1.92. The minimum atomic E-state index is -0.368. The molecule has 0 radical (unpaired) electrons. The molecular formula is C17H23N3O3. The molecule has 6 heteroatoms. The second kappa shape index (κ2) is 6.68. The lowest BCUT2D eigenvalue weighted by atomic mass is 10.1. The van der Waals surface area contributed by atoms with Gasteiger partial charge in [-0.15, -0.1) is 0 Å². The number of rotatable bonds is 5. The number of likely N-dealkylation sites (tertiary alicyclic amines) is 1. The fourth-order valence-electron chi connectivity index (χ4n) is 2.89. The van der Waals surface area contributed by atoms with Crippen LogP contribution in [0.15, 0.2) is 28.8 Å². The quantitative estimate of drug-likeness (QED) is 0.913. The number of aromatic nitrogens is 2. The molecule has 1 aliphatic rings. The largest absolute Gasteiger partial charge is 0.497 e. The van der Waals surface area contributed by atoms with E-state index in [4.69, 9.17) is 9.26 Å². The third-order valence-corrected chi connectivity index (χ3v) is 4.18. The van der Waals surface area contributed by atoms with Gasteiger partial charge in [0.2, 0.25) is 5.89 Å². The van der Waals surface area contributed by atoms with Crippen LogP contribution in [0.1, 0.15) is 49.5 Å². The summed E-state index contributed by atoms with van der Waals surface area (Å²) < 4.78 is 10.6. The summed E-state index contributed by atoms with van der Waals surface area (Å²) in [5.41, 5.74) is 1.16. The highest BCUT2D eigenvalue weighted by Gasteiger charge is 2.35. The molecule has 0 saturated carbocycles. The van der Waals surface area contributed by atoms with E-state index in [0.29, 0.717) is 24.7 Å². The number of ether oxygens (including phenoxy) is 1. The lowest BCUT2D eigenvalue weighted by Gasteiger charge is -2.21. The maximum atomic E-state index is 10.1. The monoisotopic (exact) mass is 317 g/mol. The van der Waals surface area contributed by atoms with E-state index in [1.165, 1.54) is 0 Å². The van der Waals surface area contributed by atoms with E-state index in [-0.39, 0.29) is 18.1 Å². The van der Waals surface area contributed by atoms with Gasteiger partial charge < -0.3 is 14.4 Å². The summed E-state index contributed by atoms with van der Waals surface area (Å²) in [7, 11) is 1.66. The van der Waals surface area contributed by atoms with E-state index in [1.54, 1.807) is 7.11 Å². The van der Waals surface area contributed by atoms with Crippen LogP contribution in [0.4, 0.5) is 0 Å². The van der Waals surface area contributed by atoms with Crippen molar-refractivity contribution in [2.75, 3.05) is 13.7 Å². The van der Waals surface area contributed by atoms with Gasteiger partial charge in [0, 0.05) is 19.0 Å². The zero-order valence-corrected chi connectivity index (χ0v) is 13.8. The SMILES string of the molecule is COc1ccc(CN2CC(O)CC2c2nc(C(C)C)no2)cc1. The lowest BCUT2D eigenvalue weighted by molar-refractivity contribution is 0.169. The highest BCUT2D eigenvalue weighted by molar-refractivity contribution is 5.27. The number of benzene rings is 1. The van der Waals surface area contributed by atoms with Crippen LogP contribution < -0.4 is 4.74 Å². The molecule has 2 heterocycles. The van der Waals surface area contributed by atoms with E-state index in [9.17, 15) is 5.11 Å². The Morgan fingerprint density at radius 3 is 2.70 bits per heavy atom. The second-order valence-corrected chi connectivity index (χ2v) is 6.33. The molecule has 124 valence electrons. The van der Waals surface area contributed by atoms with Crippen molar-refractivity contribution in [3.63, 3.8) is 0 Å². The highest BCUT2D eigenvalue weighted by Crippen LogP contribution is 2.33. The molecule has 2 aromatic rings. The predicted octanol–water partition coefficient (Wildman–Crippen LogP) is 2.51. The van der Waals surface area contributed by atoms with Gasteiger partial charge in [-0.1, -0.05) is 31.1 Å². The maximum absolute atomic E-state index is 10.1. The third-order valence-electron chi connectivity index (χ3n) is 4.18. The molecule has 1 saturated heterocycles. The smallest absolute Gasteiger partial charge is 0.244 e. The Kier molecular flexibility index (Phi) is 4.63. The van der Waals surface area contributed by atoms with Crippen molar-refractivity contribution in [3.8, 4) is 5.75 Å². The Labute approximate surface area is 136 Å². The summed E-state index contributed by atoms with van der Waals surface area (Å²) in [6, 6.07) is 7.93. The molecule has 6 nitrogen and oxygen atoms in total. The maximum Gasteiger partial charge on any atom is 0.244 e. The van der Waals surface area contributed by atoms with E-state index in [2.05, 4.69) is 15.0 Å². The second-order valence-electron chi connectivity index (χ2n) is 6.33. The summed E-state index contributed by atoms with van der Waals surface area (Å²) in [4.78, 5) is 6.68. The van der Waals surface area contributed by atoms with Crippen LogP contribution in [0.25, 0.3) is 0 Å². The first-order chi connectivity index (χ1) is 11.1. The first-order valence-electron chi connectivity index (χ1n) is 7.95. The van der Waals surface area contributed by atoms with Crippen LogP contribution in [-0.4, -0.2) is 39.9 Å². The molecule has 0 aliphatic carbocycles. The first kappa shape index (κ1) is 16.0. The Bertz CT molecular complexity index is 639. The number of aliphatic hydroxyl groups is 1. The molecule has 3 rings (SSSR count). The van der Waals surface area contributed by atoms with Crippen molar-refractivity contribution in [1.29, 1.82) is 0 Å².